The highest BCUT2D eigenvalue weighted by Gasteiger charge is 2.44. The Hall–Kier alpha value is -2.85. The van der Waals surface area contributed by atoms with Crippen molar-refractivity contribution >= 4 is 16.8 Å². The number of hydrogen-bond donors (Lipinski definition) is 1. The summed E-state index contributed by atoms with van der Waals surface area (Å²) in [6.45, 7) is 9.35. The summed E-state index contributed by atoms with van der Waals surface area (Å²) in [6.07, 6.45) is 3.13. The van der Waals surface area contributed by atoms with Gasteiger partial charge < -0.3 is 15.1 Å². The second-order valence-electron chi connectivity index (χ2n) is 9.96. The molecule has 1 aliphatic heterocycles. The fourth-order valence-electron chi connectivity index (χ4n) is 5.88. The SMILES string of the molecule is CCC1(CC)CN(C)CCC1N(Cc1ccccc1)C(=O)NC(C)c1cccc2ccccc12. The Balaban J connectivity index is 1.65. The molecule has 3 aromatic rings. The summed E-state index contributed by atoms with van der Waals surface area (Å²) in [7, 11) is 2.21. The van der Waals surface area contributed by atoms with Gasteiger partial charge >= 0.3 is 6.03 Å². The minimum atomic E-state index is -0.0826. The van der Waals surface area contributed by atoms with Gasteiger partial charge in [-0.2, -0.15) is 0 Å². The molecule has 1 aliphatic rings. The molecule has 1 fully saturated rings. The van der Waals surface area contributed by atoms with Crippen molar-refractivity contribution in [2.45, 2.75) is 58.7 Å². The highest BCUT2D eigenvalue weighted by Crippen LogP contribution is 2.40. The molecule has 2 atom stereocenters. The average Bonchev–Trinajstić information content (AvgIpc) is 2.87. The van der Waals surface area contributed by atoms with Crippen LogP contribution in [0, 0.1) is 5.41 Å². The highest BCUT2D eigenvalue weighted by atomic mass is 16.2. The lowest BCUT2D eigenvalue weighted by Gasteiger charge is -2.51. The van der Waals surface area contributed by atoms with Crippen molar-refractivity contribution in [2.24, 2.45) is 5.41 Å². The van der Waals surface area contributed by atoms with Gasteiger partial charge in [0.25, 0.3) is 0 Å². The number of carbonyl (C=O) groups excluding carboxylic acids is 1. The second kappa shape index (κ2) is 10.6. The molecule has 2 unspecified atom stereocenters. The summed E-state index contributed by atoms with van der Waals surface area (Å²) in [5.74, 6) is 0. The minimum absolute atomic E-state index is 0.0325. The Morgan fingerprint density at radius 3 is 2.44 bits per heavy atom. The summed E-state index contributed by atoms with van der Waals surface area (Å²) in [6, 6.07) is 25.3. The van der Waals surface area contributed by atoms with E-state index in [1.54, 1.807) is 0 Å². The summed E-state index contributed by atoms with van der Waals surface area (Å²) < 4.78 is 0. The number of likely N-dealkylation sites (tertiary alicyclic amines) is 1. The van der Waals surface area contributed by atoms with E-state index in [4.69, 9.17) is 0 Å². The van der Waals surface area contributed by atoms with Crippen molar-refractivity contribution in [3.63, 3.8) is 0 Å². The van der Waals surface area contributed by atoms with E-state index in [0.29, 0.717) is 6.54 Å². The Morgan fingerprint density at radius 2 is 1.71 bits per heavy atom. The van der Waals surface area contributed by atoms with Crippen LogP contribution >= 0.6 is 0 Å². The van der Waals surface area contributed by atoms with E-state index in [9.17, 15) is 4.79 Å². The zero-order valence-electron chi connectivity index (χ0n) is 21.1. The molecule has 0 spiro atoms. The van der Waals surface area contributed by atoms with Crippen LogP contribution in [0.2, 0.25) is 0 Å². The first kappa shape index (κ1) is 24.3. The molecule has 0 aliphatic carbocycles. The summed E-state index contributed by atoms with van der Waals surface area (Å²) in [5.41, 5.74) is 2.43. The highest BCUT2D eigenvalue weighted by molar-refractivity contribution is 5.86. The summed E-state index contributed by atoms with van der Waals surface area (Å²) in [4.78, 5) is 18.5. The number of urea groups is 1. The number of fused-ring (bicyclic) bond motifs is 1. The third-order valence-electron chi connectivity index (χ3n) is 7.95. The molecule has 3 aromatic carbocycles. The fourth-order valence-corrected chi connectivity index (χ4v) is 5.88. The first-order valence-electron chi connectivity index (χ1n) is 12.7. The van der Waals surface area contributed by atoms with E-state index >= 15 is 0 Å². The molecular formula is C30H39N3O. The lowest BCUT2D eigenvalue weighted by molar-refractivity contribution is 0.000382. The topological polar surface area (TPSA) is 35.6 Å². The minimum Gasteiger partial charge on any atom is -0.331 e. The zero-order chi connectivity index (χ0) is 24.1. The van der Waals surface area contributed by atoms with Gasteiger partial charge in [-0.15, -0.1) is 0 Å². The average molecular weight is 458 g/mol. The maximum Gasteiger partial charge on any atom is 0.318 e. The van der Waals surface area contributed by atoms with E-state index in [-0.39, 0.29) is 23.5 Å². The van der Waals surface area contributed by atoms with Crippen molar-refractivity contribution in [3.05, 3.63) is 83.9 Å². The Morgan fingerprint density at radius 1 is 1.03 bits per heavy atom. The molecular weight excluding hydrogens is 418 g/mol. The number of nitrogens with zero attached hydrogens (tertiary/aromatic N) is 2. The number of benzene rings is 3. The molecule has 1 N–H and O–H groups in total. The van der Waals surface area contributed by atoms with Gasteiger partial charge in [-0.1, -0.05) is 86.6 Å². The van der Waals surface area contributed by atoms with E-state index in [0.717, 1.165) is 37.9 Å². The van der Waals surface area contributed by atoms with Gasteiger partial charge in [0.2, 0.25) is 0 Å². The first-order valence-corrected chi connectivity index (χ1v) is 12.7. The normalized spacial score (nSPS) is 19.0. The quantitative estimate of drug-likeness (QED) is 0.432. The molecule has 2 amide bonds. The molecule has 4 rings (SSSR count). The van der Waals surface area contributed by atoms with E-state index in [1.807, 2.05) is 6.07 Å². The van der Waals surface area contributed by atoms with Crippen LogP contribution < -0.4 is 5.32 Å². The second-order valence-corrected chi connectivity index (χ2v) is 9.96. The lowest BCUT2D eigenvalue weighted by Crippen LogP contribution is -2.59. The Labute approximate surface area is 205 Å². The fraction of sp³-hybridized carbons (Fsp3) is 0.433. The van der Waals surface area contributed by atoms with Crippen LogP contribution in [0.3, 0.4) is 0 Å². The maximum atomic E-state index is 14.0. The van der Waals surface area contributed by atoms with Gasteiger partial charge in [0.05, 0.1) is 6.04 Å². The van der Waals surface area contributed by atoms with Crippen molar-refractivity contribution < 1.29 is 4.79 Å². The number of amides is 2. The van der Waals surface area contributed by atoms with Gasteiger partial charge in [-0.3, -0.25) is 0 Å². The van der Waals surface area contributed by atoms with Crippen LogP contribution in [0.4, 0.5) is 4.79 Å². The van der Waals surface area contributed by atoms with E-state index in [1.165, 1.54) is 16.3 Å². The van der Waals surface area contributed by atoms with Crippen molar-refractivity contribution in [2.75, 3.05) is 20.1 Å². The van der Waals surface area contributed by atoms with Crippen LogP contribution in [0.15, 0.2) is 72.8 Å². The maximum absolute atomic E-state index is 14.0. The summed E-state index contributed by atoms with van der Waals surface area (Å²) in [5, 5.41) is 5.78. The molecule has 0 aromatic heterocycles. The molecule has 34 heavy (non-hydrogen) atoms. The van der Waals surface area contributed by atoms with E-state index < -0.39 is 0 Å². The molecule has 1 saturated heterocycles. The van der Waals surface area contributed by atoms with Crippen molar-refractivity contribution in [1.29, 1.82) is 0 Å². The third-order valence-corrected chi connectivity index (χ3v) is 7.95. The molecule has 1 heterocycles. The molecule has 0 bridgehead atoms. The van der Waals surface area contributed by atoms with Crippen LogP contribution in [0.1, 0.15) is 57.2 Å². The van der Waals surface area contributed by atoms with Gasteiger partial charge in [0.1, 0.15) is 0 Å². The zero-order valence-corrected chi connectivity index (χ0v) is 21.1. The molecule has 0 radical (unpaired) electrons. The molecule has 4 nitrogen and oxygen atoms in total. The third kappa shape index (κ3) is 4.97. The molecule has 4 heteroatoms. The Bertz CT molecular complexity index is 1090. The van der Waals surface area contributed by atoms with E-state index in [2.05, 4.69) is 110 Å². The predicted octanol–water partition coefficient (Wildman–Crippen LogP) is 6.62. The standard InChI is InChI=1S/C30H39N3O/c1-5-30(6-2)22-32(4)20-19-28(30)33(21-24-13-8-7-9-14-24)29(34)31-23(3)26-18-12-16-25-15-10-11-17-27(25)26/h7-18,23,28H,5-6,19-22H2,1-4H3,(H,31,34). The van der Waals surface area contributed by atoms with Gasteiger partial charge in [-0.25, -0.2) is 4.79 Å². The van der Waals surface area contributed by atoms with Crippen LogP contribution in [-0.2, 0) is 6.54 Å². The van der Waals surface area contributed by atoms with Crippen LogP contribution in [0.25, 0.3) is 10.8 Å². The lowest BCUT2D eigenvalue weighted by atomic mass is 9.71. The first-order chi connectivity index (χ1) is 16.5. The number of nitrogens with one attached hydrogen (secondary N) is 1. The smallest absolute Gasteiger partial charge is 0.318 e. The summed E-state index contributed by atoms with van der Waals surface area (Å²) >= 11 is 0. The predicted molar refractivity (Wildman–Crippen MR) is 142 cm³/mol. The van der Waals surface area contributed by atoms with Crippen LogP contribution in [-0.4, -0.2) is 42.0 Å². The molecule has 180 valence electrons. The Kier molecular flexibility index (Phi) is 7.57. The van der Waals surface area contributed by atoms with Crippen molar-refractivity contribution in [1.82, 2.24) is 15.1 Å². The molecule has 0 saturated carbocycles. The largest absolute Gasteiger partial charge is 0.331 e. The van der Waals surface area contributed by atoms with Crippen molar-refractivity contribution in [3.8, 4) is 0 Å². The van der Waals surface area contributed by atoms with Gasteiger partial charge in [0.15, 0.2) is 0 Å². The number of carbonyl (C=O) groups is 1. The van der Waals surface area contributed by atoms with Crippen LogP contribution in [0.5, 0.6) is 0 Å². The van der Waals surface area contributed by atoms with Gasteiger partial charge in [-0.05, 0) is 61.7 Å². The number of piperidine rings is 1. The number of rotatable bonds is 7. The van der Waals surface area contributed by atoms with Gasteiger partial charge in [0, 0.05) is 24.5 Å². The monoisotopic (exact) mass is 457 g/mol. The number of hydrogen-bond acceptors (Lipinski definition) is 2.